The minimum atomic E-state index is -1.09. The summed E-state index contributed by atoms with van der Waals surface area (Å²) in [5.74, 6) is 0. The number of hydrogen-bond donors (Lipinski definition) is 1. The molecule has 1 aromatic rings. The Hall–Kier alpha value is -0.865. The Kier molecular flexibility index (Phi) is 6.02. The van der Waals surface area contributed by atoms with E-state index in [2.05, 4.69) is 11.3 Å². The normalized spacial score (nSPS) is 14.9. The highest BCUT2D eigenvalue weighted by molar-refractivity contribution is 7.84. The Balaban J connectivity index is 2.85. The van der Waals surface area contributed by atoms with Gasteiger partial charge >= 0.3 is 0 Å². The van der Waals surface area contributed by atoms with Gasteiger partial charge in [-0.15, -0.1) is 6.58 Å². The van der Waals surface area contributed by atoms with Gasteiger partial charge in [0.05, 0.1) is 15.7 Å². The molecule has 0 unspecified atom stereocenters. The molecule has 2 radical (unpaired) electrons. The zero-order valence-electron chi connectivity index (χ0n) is 12.0. The molecule has 1 aromatic carbocycles. The second kappa shape index (κ2) is 7.06. The minimum absolute atomic E-state index is 0.0543. The highest BCUT2D eigenvalue weighted by Gasteiger charge is 2.23. The van der Waals surface area contributed by atoms with Crippen LogP contribution in [0, 0.1) is 0 Å². The van der Waals surface area contributed by atoms with E-state index in [9.17, 15) is 4.21 Å². The third kappa shape index (κ3) is 5.33. The summed E-state index contributed by atoms with van der Waals surface area (Å²) in [5.41, 5.74) is 1.84. The van der Waals surface area contributed by atoms with Gasteiger partial charge in [-0.1, -0.05) is 35.8 Å². The molecule has 0 aliphatic carbocycles. The summed E-state index contributed by atoms with van der Waals surface area (Å²) in [4.78, 5) is 0. The van der Waals surface area contributed by atoms with Crippen LogP contribution in [0.25, 0.3) is 0 Å². The van der Waals surface area contributed by atoms with Crippen molar-refractivity contribution >= 4 is 24.3 Å². The fourth-order valence-electron chi connectivity index (χ4n) is 1.61. The van der Waals surface area contributed by atoms with E-state index in [4.69, 9.17) is 7.85 Å². The predicted molar refractivity (Wildman–Crippen MR) is 85.0 cm³/mol. The first-order chi connectivity index (χ1) is 8.84. The van der Waals surface area contributed by atoms with E-state index >= 15 is 0 Å². The van der Waals surface area contributed by atoms with Crippen molar-refractivity contribution in [1.29, 1.82) is 0 Å². The van der Waals surface area contributed by atoms with Crippen molar-refractivity contribution in [2.45, 2.75) is 44.4 Å². The van der Waals surface area contributed by atoms with Crippen molar-refractivity contribution in [2.24, 2.45) is 0 Å². The first kappa shape index (κ1) is 16.2. The van der Waals surface area contributed by atoms with Gasteiger partial charge in [0, 0.05) is 6.04 Å². The molecule has 4 heteroatoms. The van der Waals surface area contributed by atoms with Crippen molar-refractivity contribution < 1.29 is 4.21 Å². The molecule has 0 amide bonds. The number of nitrogens with one attached hydrogen (secondary N) is 1. The highest BCUT2D eigenvalue weighted by Crippen LogP contribution is 2.21. The molecule has 2 nitrogen and oxygen atoms in total. The number of benzene rings is 1. The monoisotopic (exact) mass is 275 g/mol. The molecule has 19 heavy (non-hydrogen) atoms. The van der Waals surface area contributed by atoms with Crippen molar-refractivity contribution in [1.82, 2.24) is 4.72 Å². The average Bonchev–Trinajstić information content (AvgIpc) is 2.34. The molecular formula is C15H22BNOS. The summed E-state index contributed by atoms with van der Waals surface area (Å²) in [7, 11) is 4.61. The fourth-order valence-corrected chi connectivity index (χ4v) is 2.48. The van der Waals surface area contributed by atoms with Crippen LogP contribution in [0.3, 0.4) is 0 Å². The Bertz CT molecular complexity index is 436. The zero-order chi connectivity index (χ0) is 14.5. The number of allylic oxidation sites excluding steroid dienone is 1. The summed E-state index contributed by atoms with van der Waals surface area (Å²) < 4.78 is 15.2. The SMILES string of the molecule is [B]c1ccc([C@H](CCC=C)N[S@](=O)C(C)(C)C)cc1. The highest BCUT2D eigenvalue weighted by atomic mass is 32.2. The maximum atomic E-state index is 12.2. The first-order valence-corrected chi connectivity index (χ1v) is 7.64. The largest absolute Gasteiger partial charge is 0.242 e. The van der Waals surface area contributed by atoms with Crippen LogP contribution in [0.15, 0.2) is 36.9 Å². The van der Waals surface area contributed by atoms with Crippen molar-refractivity contribution in [2.75, 3.05) is 0 Å². The topological polar surface area (TPSA) is 29.1 Å². The second-order valence-electron chi connectivity index (χ2n) is 5.58. The predicted octanol–water partition coefficient (Wildman–Crippen LogP) is 2.54. The Labute approximate surface area is 120 Å². The second-order valence-corrected chi connectivity index (χ2v) is 7.58. The Morgan fingerprint density at radius 3 is 2.42 bits per heavy atom. The van der Waals surface area contributed by atoms with Gasteiger partial charge in [0.1, 0.15) is 7.85 Å². The van der Waals surface area contributed by atoms with Crippen LogP contribution in [0.5, 0.6) is 0 Å². The van der Waals surface area contributed by atoms with Gasteiger partial charge in [-0.3, -0.25) is 0 Å². The zero-order valence-corrected chi connectivity index (χ0v) is 12.8. The quantitative estimate of drug-likeness (QED) is 0.627. The third-order valence-corrected chi connectivity index (χ3v) is 4.41. The van der Waals surface area contributed by atoms with Gasteiger partial charge < -0.3 is 0 Å². The average molecular weight is 275 g/mol. The van der Waals surface area contributed by atoms with Gasteiger partial charge in [-0.25, -0.2) is 8.93 Å². The van der Waals surface area contributed by atoms with Crippen molar-refractivity contribution in [3.05, 3.63) is 42.5 Å². The van der Waals surface area contributed by atoms with E-state index in [1.807, 2.05) is 51.1 Å². The lowest BCUT2D eigenvalue weighted by Gasteiger charge is -2.24. The molecule has 0 heterocycles. The molecule has 0 saturated heterocycles. The van der Waals surface area contributed by atoms with Gasteiger partial charge in [0.15, 0.2) is 0 Å². The van der Waals surface area contributed by atoms with E-state index in [0.29, 0.717) is 0 Å². The fraction of sp³-hybridized carbons (Fsp3) is 0.467. The van der Waals surface area contributed by atoms with Crippen LogP contribution >= 0.6 is 0 Å². The minimum Gasteiger partial charge on any atom is -0.242 e. The Morgan fingerprint density at radius 2 is 1.95 bits per heavy atom. The molecule has 0 bridgehead atoms. The van der Waals surface area contributed by atoms with Crippen LogP contribution < -0.4 is 10.2 Å². The molecule has 102 valence electrons. The van der Waals surface area contributed by atoms with Gasteiger partial charge in [-0.05, 0) is 39.2 Å². The van der Waals surface area contributed by atoms with Gasteiger partial charge in [0.2, 0.25) is 0 Å². The molecule has 0 aliphatic rings. The van der Waals surface area contributed by atoms with E-state index in [1.54, 1.807) is 0 Å². The van der Waals surface area contributed by atoms with Crippen LogP contribution in [-0.4, -0.2) is 16.8 Å². The molecular weight excluding hydrogens is 253 g/mol. The van der Waals surface area contributed by atoms with E-state index in [-0.39, 0.29) is 10.8 Å². The molecule has 0 saturated carbocycles. The lowest BCUT2D eigenvalue weighted by Crippen LogP contribution is -2.35. The van der Waals surface area contributed by atoms with Crippen LogP contribution in [-0.2, 0) is 11.0 Å². The molecule has 2 atom stereocenters. The summed E-state index contributed by atoms with van der Waals surface area (Å²) in [6.45, 7) is 9.63. The Morgan fingerprint density at radius 1 is 1.37 bits per heavy atom. The molecule has 1 N–H and O–H groups in total. The van der Waals surface area contributed by atoms with E-state index in [0.717, 1.165) is 23.9 Å². The van der Waals surface area contributed by atoms with E-state index in [1.165, 1.54) is 0 Å². The number of rotatable bonds is 6. The maximum absolute atomic E-state index is 12.2. The first-order valence-electron chi connectivity index (χ1n) is 6.49. The summed E-state index contributed by atoms with van der Waals surface area (Å²) in [5, 5.41) is 0. The van der Waals surface area contributed by atoms with Crippen LogP contribution in [0.2, 0.25) is 0 Å². The number of hydrogen-bond acceptors (Lipinski definition) is 1. The smallest absolute Gasteiger partial charge is 0.113 e. The van der Waals surface area contributed by atoms with Crippen molar-refractivity contribution in [3.8, 4) is 0 Å². The summed E-state index contributed by atoms with van der Waals surface area (Å²) >= 11 is 0. The molecule has 1 rings (SSSR count). The standard InChI is InChI=1S/C15H22BNOS/c1-5-6-7-14(17-19(18)15(2,3)4)12-8-10-13(16)11-9-12/h5,8-11,14,17H,1,6-7H2,2-4H3/t14-,19+/m0/s1. The molecule has 0 aromatic heterocycles. The maximum Gasteiger partial charge on any atom is 0.113 e. The van der Waals surface area contributed by atoms with Gasteiger partial charge in [-0.2, -0.15) is 0 Å². The lowest BCUT2D eigenvalue weighted by molar-refractivity contribution is 0.575. The van der Waals surface area contributed by atoms with E-state index < -0.39 is 11.0 Å². The van der Waals surface area contributed by atoms with Crippen LogP contribution in [0.4, 0.5) is 0 Å². The lowest BCUT2D eigenvalue weighted by atomic mass is 9.93. The summed E-state index contributed by atoms with van der Waals surface area (Å²) in [6, 6.07) is 7.76. The van der Waals surface area contributed by atoms with Crippen molar-refractivity contribution in [3.63, 3.8) is 0 Å². The molecule has 0 aliphatic heterocycles. The summed E-state index contributed by atoms with van der Waals surface area (Å²) in [6.07, 6.45) is 3.63. The van der Waals surface area contributed by atoms with Gasteiger partial charge in [0.25, 0.3) is 0 Å². The third-order valence-electron chi connectivity index (χ3n) is 2.80. The molecule has 0 spiro atoms. The molecule has 0 fully saturated rings. The van der Waals surface area contributed by atoms with Crippen LogP contribution in [0.1, 0.15) is 45.2 Å².